The van der Waals surface area contributed by atoms with Crippen molar-refractivity contribution in [3.8, 4) is 0 Å². The minimum Gasteiger partial charge on any atom is -0.292 e. The first-order valence-electron chi connectivity index (χ1n) is 9.30. The molecule has 0 amide bonds. The molecule has 0 radical (unpaired) electrons. The molecule has 0 aliphatic carbocycles. The van der Waals surface area contributed by atoms with Gasteiger partial charge < -0.3 is 0 Å². The van der Waals surface area contributed by atoms with Gasteiger partial charge in [0.25, 0.3) is 0 Å². The van der Waals surface area contributed by atoms with E-state index in [1.807, 2.05) is 20.8 Å². The molecule has 146 valence electrons. The Hall–Kier alpha value is -1.71. The fourth-order valence-corrected chi connectivity index (χ4v) is 6.83. The van der Waals surface area contributed by atoms with Gasteiger partial charge in [0.1, 0.15) is 15.6 Å². The van der Waals surface area contributed by atoms with E-state index >= 15 is 0 Å². The van der Waals surface area contributed by atoms with E-state index in [4.69, 9.17) is 4.98 Å². The summed E-state index contributed by atoms with van der Waals surface area (Å²) < 4.78 is 32.0. The van der Waals surface area contributed by atoms with Crippen LogP contribution < -0.4 is 0 Å². The summed E-state index contributed by atoms with van der Waals surface area (Å²) in [6.45, 7) is 9.55. The number of thiazole rings is 1. The van der Waals surface area contributed by atoms with Crippen molar-refractivity contribution in [1.82, 2.24) is 23.5 Å². The van der Waals surface area contributed by atoms with Gasteiger partial charge in [0.05, 0.1) is 17.6 Å². The number of nitrogens with zero attached hydrogens (tertiary/aromatic N) is 5. The molecule has 1 aliphatic heterocycles. The molecule has 0 saturated carbocycles. The molecule has 1 saturated heterocycles. The first-order chi connectivity index (χ1) is 12.8. The quantitative estimate of drug-likeness (QED) is 0.666. The lowest BCUT2D eigenvalue weighted by Gasteiger charge is -2.31. The molecular weight excluding hydrogens is 382 g/mol. The number of fused-ring (bicyclic) bond motifs is 1. The highest BCUT2D eigenvalue weighted by Crippen LogP contribution is 2.35. The Kier molecular flexibility index (Phi) is 4.64. The minimum absolute atomic E-state index is 0.122. The Morgan fingerprint density at radius 1 is 1.30 bits per heavy atom. The molecule has 3 aromatic rings. The van der Waals surface area contributed by atoms with Crippen LogP contribution in [0.15, 0.2) is 16.5 Å². The molecule has 0 N–H and O–H groups in total. The first-order valence-corrected chi connectivity index (χ1v) is 11.6. The third-order valence-corrected chi connectivity index (χ3v) is 8.51. The van der Waals surface area contributed by atoms with Crippen LogP contribution in [0.3, 0.4) is 0 Å². The number of piperidine rings is 1. The summed E-state index contributed by atoms with van der Waals surface area (Å²) in [5.74, 6) is 1.09. The zero-order valence-corrected chi connectivity index (χ0v) is 17.8. The van der Waals surface area contributed by atoms with E-state index in [1.54, 1.807) is 20.3 Å². The van der Waals surface area contributed by atoms with Gasteiger partial charge in [-0.1, -0.05) is 0 Å². The number of hydrogen-bond acceptors (Lipinski definition) is 5. The normalized spacial score (nSPS) is 19.2. The predicted octanol–water partition coefficient (Wildman–Crippen LogP) is 3.11. The van der Waals surface area contributed by atoms with Crippen LogP contribution in [0, 0.1) is 20.8 Å². The van der Waals surface area contributed by atoms with Gasteiger partial charge >= 0.3 is 0 Å². The molecule has 1 aliphatic rings. The summed E-state index contributed by atoms with van der Waals surface area (Å²) in [6.07, 6.45) is 3.29. The van der Waals surface area contributed by atoms with Crippen LogP contribution in [-0.4, -0.2) is 45.0 Å². The van der Waals surface area contributed by atoms with E-state index < -0.39 is 10.0 Å². The first kappa shape index (κ1) is 18.6. The standard InChI is InChI=1S/C18H25N5O2S2/c1-5-22-13(3)16(9-19-22)27(24,25)21-8-6-7-15(10-21)17-18-23(14(4)20-17)12(2)11-26-18/h9,11,15H,5-8,10H2,1-4H3/t15-/m1/s1. The number of imidazole rings is 1. The van der Waals surface area contributed by atoms with E-state index in [0.29, 0.717) is 30.2 Å². The van der Waals surface area contributed by atoms with Gasteiger partial charge in [0, 0.05) is 36.6 Å². The van der Waals surface area contributed by atoms with E-state index in [1.165, 1.54) is 11.9 Å². The monoisotopic (exact) mass is 407 g/mol. The Bertz CT molecular complexity index is 1090. The number of aryl methyl sites for hydroxylation is 3. The molecule has 1 atom stereocenters. The van der Waals surface area contributed by atoms with Crippen LogP contribution in [-0.2, 0) is 16.6 Å². The number of hydrogen-bond donors (Lipinski definition) is 0. The number of rotatable bonds is 4. The molecule has 0 bridgehead atoms. The van der Waals surface area contributed by atoms with Gasteiger partial charge in [-0.2, -0.15) is 9.40 Å². The van der Waals surface area contributed by atoms with E-state index in [2.05, 4.69) is 21.8 Å². The highest BCUT2D eigenvalue weighted by Gasteiger charge is 2.35. The van der Waals surface area contributed by atoms with Crippen molar-refractivity contribution in [1.29, 1.82) is 0 Å². The third kappa shape index (κ3) is 2.92. The summed E-state index contributed by atoms with van der Waals surface area (Å²) >= 11 is 1.69. The van der Waals surface area contributed by atoms with Crippen molar-refractivity contribution in [3.05, 3.63) is 34.5 Å². The van der Waals surface area contributed by atoms with Crippen molar-refractivity contribution in [2.45, 2.75) is 57.9 Å². The molecule has 3 aromatic heterocycles. The summed E-state index contributed by atoms with van der Waals surface area (Å²) in [6, 6.07) is 0. The molecule has 0 aromatic carbocycles. The highest BCUT2D eigenvalue weighted by atomic mass is 32.2. The van der Waals surface area contributed by atoms with E-state index in [9.17, 15) is 8.42 Å². The van der Waals surface area contributed by atoms with Crippen LogP contribution in [0.2, 0.25) is 0 Å². The van der Waals surface area contributed by atoms with Crippen LogP contribution in [0.1, 0.15) is 48.6 Å². The maximum atomic E-state index is 13.2. The average molecular weight is 408 g/mol. The van der Waals surface area contributed by atoms with Crippen LogP contribution in [0.25, 0.3) is 4.83 Å². The van der Waals surface area contributed by atoms with E-state index in [0.717, 1.165) is 29.2 Å². The average Bonchev–Trinajstić information content (AvgIpc) is 3.31. The van der Waals surface area contributed by atoms with Crippen LogP contribution in [0.4, 0.5) is 0 Å². The second-order valence-corrected chi connectivity index (χ2v) is 9.94. The largest absolute Gasteiger partial charge is 0.292 e. The zero-order chi connectivity index (χ0) is 19.3. The third-order valence-electron chi connectivity index (χ3n) is 5.47. The zero-order valence-electron chi connectivity index (χ0n) is 16.1. The molecular formula is C18H25N5O2S2. The van der Waals surface area contributed by atoms with Crippen molar-refractivity contribution >= 4 is 26.2 Å². The second kappa shape index (κ2) is 6.72. The number of sulfonamides is 1. The SMILES string of the molecule is CCn1ncc(S(=O)(=O)N2CCC[C@@H](c3nc(C)n4c(C)csc34)C2)c1C. The molecule has 0 spiro atoms. The van der Waals surface area contributed by atoms with Gasteiger partial charge in [0.15, 0.2) is 0 Å². The van der Waals surface area contributed by atoms with Crippen LogP contribution in [0.5, 0.6) is 0 Å². The van der Waals surface area contributed by atoms with Crippen molar-refractivity contribution < 1.29 is 8.42 Å². The Labute approximate surface area is 163 Å². The molecule has 9 heteroatoms. The fourth-order valence-electron chi connectivity index (χ4n) is 4.05. The summed E-state index contributed by atoms with van der Waals surface area (Å²) in [7, 11) is -3.55. The van der Waals surface area contributed by atoms with Crippen molar-refractivity contribution in [2.75, 3.05) is 13.1 Å². The van der Waals surface area contributed by atoms with E-state index in [-0.39, 0.29) is 5.92 Å². The molecule has 1 fully saturated rings. The Morgan fingerprint density at radius 2 is 2.07 bits per heavy atom. The molecule has 27 heavy (non-hydrogen) atoms. The van der Waals surface area contributed by atoms with Crippen molar-refractivity contribution in [2.24, 2.45) is 0 Å². The Balaban J connectivity index is 1.67. The summed E-state index contributed by atoms with van der Waals surface area (Å²) in [4.78, 5) is 6.26. The second-order valence-electron chi connectivity index (χ2n) is 7.17. The molecule has 4 heterocycles. The maximum Gasteiger partial charge on any atom is 0.246 e. The maximum absolute atomic E-state index is 13.2. The summed E-state index contributed by atoms with van der Waals surface area (Å²) in [5.41, 5.74) is 2.91. The lowest BCUT2D eigenvalue weighted by molar-refractivity contribution is 0.314. The predicted molar refractivity (Wildman–Crippen MR) is 106 cm³/mol. The van der Waals surface area contributed by atoms with Gasteiger partial charge in [-0.3, -0.25) is 9.08 Å². The van der Waals surface area contributed by atoms with Gasteiger partial charge in [0.2, 0.25) is 10.0 Å². The smallest absolute Gasteiger partial charge is 0.246 e. The van der Waals surface area contributed by atoms with Gasteiger partial charge in [-0.15, -0.1) is 11.3 Å². The lowest BCUT2D eigenvalue weighted by Crippen LogP contribution is -2.39. The molecule has 7 nitrogen and oxygen atoms in total. The fraction of sp³-hybridized carbons (Fsp3) is 0.556. The Morgan fingerprint density at radius 3 is 2.78 bits per heavy atom. The summed E-state index contributed by atoms with van der Waals surface area (Å²) in [5, 5.41) is 6.35. The topological polar surface area (TPSA) is 72.5 Å². The molecule has 4 rings (SSSR count). The van der Waals surface area contributed by atoms with Crippen molar-refractivity contribution in [3.63, 3.8) is 0 Å². The molecule has 0 unspecified atom stereocenters. The van der Waals surface area contributed by atoms with Gasteiger partial charge in [-0.25, -0.2) is 13.4 Å². The number of aromatic nitrogens is 4. The highest BCUT2D eigenvalue weighted by molar-refractivity contribution is 7.89. The minimum atomic E-state index is -3.55. The lowest BCUT2D eigenvalue weighted by atomic mass is 9.97. The van der Waals surface area contributed by atoms with Gasteiger partial charge in [-0.05, 0) is 40.5 Å². The van der Waals surface area contributed by atoms with Crippen LogP contribution >= 0.6 is 11.3 Å².